The number of hydrogen-bond acceptors (Lipinski definition) is 0. The van der Waals surface area contributed by atoms with Crippen molar-refractivity contribution in [3.05, 3.63) is 36.0 Å². The Hall–Kier alpha value is -1.24. The summed E-state index contributed by atoms with van der Waals surface area (Å²) < 4.78 is 2.36. The third kappa shape index (κ3) is 2.06. The van der Waals surface area contributed by atoms with Crippen LogP contribution in [0.5, 0.6) is 0 Å². The normalized spacial score (nSPS) is 11.5. The Morgan fingerprint density at radius 1 is 1.20 bits per heavy atom. The van der Waals surface area contributed by atoms with Crippen LogP contribution in [0.2, 0.25) is 0 Å². The van der Waals surface area contributed by atoms with Gasteiger partial charge in [0.1, 0.15) is 0 Å². The molecule has 0 unspecified atom stereocenters. The van der Waals surface area contributed by atoms with E-state index in [0.29, 0.717) is 0 Å². The van der Waals surface area contributed by atoms with Gasteiger partial charge in [-0.15, -0.1) is 0 Å². The maximum Gasteiger partial charge on any atom is 0.0482 e. The van der Waals surface area contributed by atoms with Gasteiger partial charge < -0.3 is 4.57 Å². The molecule has 2 rings (SSSR count). The molecule has 1 aromatic carbocycles. The fourth-order valence-electron chi connectivity index (χ4n) is 1.97. The number of rotatable bonds is 3. The van der Waals surface area contributed by atoms with Crippen molar-refractivity contribution in [1.29, 1.82) is 0 Å². The third-order valence-corrected chi connectivity index (χ3v) is 2.98. The molecule has 0 spiro atoms. The van der Waals surface area contributed by atoms with E-state index in [4.69, 9.17) is 0 Å². The highest BCUT2D eigenvalue weighted by molar-refractivity contribution is 5.83. The molecule has 0 aliphatic heterocycles. The Morgan fingerprint density at radius 2 is 2.00 bits per heavy atom. The molecule has 1 aromatic heterocycles. The van der Waals surface area contributed by atoms with Crippen molar-refractivity contribution in [1.82, 2.24) is 4.57 Å². The van der Waals surface area contributed by atoms with Gasteiger partial charge in [0.05, 0.1) is 0 Å². The van der Waals surface area contributed by atoms with Gasteiger partial charge in [-0.1, -0.05) is 26.0 Å². The van der Waals surface area contributed by atoms with Crippen LogP contribution in [0.3, 0.4) is 0 Å². The summed E-state index contributed by atoms with van der Waals surface area (Å²) in [6.45, 7) is 7.85. The first kappa shape index (κ1) is 10.3. The van der Waals surface area contributed by atoms with Gasteiger partial charge in [0, 0.05) is 23.6 Å². The lowest BCUT2D eigenvalue weighted by Gasteiger charge is -2.07. The van der Waals surface area contributed by atoms with Crippen LogP contribution in [0.4, 0.5) is 0 Å². The van der Waals surface area contributed by atoms with Gasteiger partial charge in [0.15, 0.2) is 0 Å². The van der Waals surface area contributed by atoms with Crippen LogP contribution in [0.25, 0.3) is 10.9 Å². The van der Waals surface area contributed by atoms with Crippen molar-refractivity contribution < 1.29 is 0 Å². The molecule has 15 heavy (non-hydrogen) atoms. The minimum atomic E-state index is 0.771. The zero-order valence-electron chi connectivity index (χ0n) is 9.83. The number of hydrogen-bond donors (Lipinski definition) is 0. The van der Waals surface area contributed by atoms with Crippen LogP contribution in [0.1, 0.15) is 25.8 Å². The molecule has 0 fully saturated rings. The number of nitrogens with zero attached hydrogens (tertiary/aromatic N) is 1. The predicted octanol–water partition coefficient (Wildman–Crippen LogP) is 4.00. The lowest BCUT2D eigenvalue weighted by molar-refractivity contribution is 0.524. The van der Waals surface area contributed by atoms with Crippen molar-refractivity contribution in [2.75, 3.05) is 0 Å². The summed E-state index contributed by atoms with van der Waals surface area (Å²) in [6.07, 6.45) is 3.46. The smallest absolute Gasteiger partial charge is 0.0482 e. The number of fused-ring (bicyclic) bond motifs is 1. The molecule has 0 bridgehead atoms. The monoisotopic (exact) mass is 201 g/mol. The van der Waals surface area contributed by atoms with Gasteiger partial charge in [-0.2, -0.15) is 0 Å². The van der Waals surface area contributed by atoms with E-state index in [1.165, 1.54) is 22.9 Å². The Morgan fingerprint density at radius 3 is 2.73 bits per heavy atom. The largest absolute Gasteiger partial charge is 0.347 e. The second-order valence-corrected chi connectivity index (χ2v) is 4.70. The van der Waals surface area contributed by atoms with Crippen molar-refractivity contribution >= 4 is 10.9 Å². The molecule has 80 valence electrons. The Bertz CT molecular complexity index is 451. The Labute approximate surface area is 91.7 Å². The zero-order chi connectivity index (χ0) is 10.8. The van der Waals surface area contributed by atoms with E-state index in [-0.39, 0.29) is 0 Å². The average molecular weight is 201 g/mol. The summed E-state index contributed by atoms with van der Waals surface area (Å²) in [5, 5.41) is 1.39. The van der Waals surface area contributed by atoms with Gasteiger partial charge in [0.2, 0.25) is 0 Å². The van der Waals surface area contributed by atoms with Crippen LogP contribution >= 0.6 is 0 Å². The fourth-order valence-corrected chi connectivity index (χ4v) is 1.97. The lowest BCUT2D eigenvalue weighted by atomic mass is 10.1. The van der Waals surface area contributed by atoms with Crippen LogP contribution in [-0.4, -0.2) is 4.57 Å². The Kier molecular flexibility index (Phi) is 2.81. The summed E-state index contributed by atoms with van der Waals surface area (Å²) in [5.41, 5.74) is 2.74. The van der Waals surface area contributed by atoms with E-state index >= 15 is 0 Å². The van der Waals surface area contributed by atoms with Crippen LogP contribution in [-0.2, 0) is 6.54 Å². The molecule has 0 amide bonds. The highest BCUT2D eigenvalue weighted by Crippen LogP contribution is 2.20. The van der Waals surface area contributed by atoms with Gasteiger partial charge in [-0.05, 0) is 37.0 Å². The van der Waals surface area contributed by atoms with E-state index in [2.05, 4.69) is 55.8 Å². The maximum atomic E-state index is 2.36. The second kappa shape index (κ2) is 4.09. The molecule has 0 aliphatic rings. The SMILES string of the molecule is Cc1cccc2c1ccn2CCC(C)C. The summed E-state index contributed by atoms with van der Waals surface area (Å²) in [5.74, 6) is 0.771. The molecular weight excluding hydrogens is 182 g/mol. The van der Waals surface area contributed by atoms with E-state index < -0.39 is 0 Å². The molecule has 1 heteroatoms. The topological polar surface area (TPSA) is 4.93 Å². The minimum absolute atomic E-state index is 0.771. The highest BCUT2D eigenvalue weighted by Gasteiger charge is 2.03. The van der Waals surface area contributed by atoms with E-state index in [9.17, 15) is 0 Å². The van der Waals surface area contributed by atoms with Crippen molar-refractivity contribution in [3.63, 3.8) is 0 Å². The molecule has 0 radical (unpaired) electrons. The average Bonchev–Trinajstić information content (AvgIpc) is 2.59. The van der Waals surface area contributed by atoms with Gasteiger partial charge in [-0.25, -0.2) is 0 Å². The fraction of sp³-hybridized carbons (Fsp3) is 0.429. The summed E-state index contributed by atoms with van der Waals surface area (Å²) in [6, 6.07) is 8.76. The lowest BCUT2D eigenvalue weighted by Crippen LogP contribution is -1.99. The van der Waals surface area contributed by atoms with Crippen LogP contribution in [0.15, 0.2) is 30.5 Å². The standard InChI is InChI=1S/C14H19N/c1-11(2)7-9-15-10-8-13-12(3)5-4-6-14(13)15/h4-6,8,10-11H,7,9H2,1-3H3. The van der Waals surface area contributed by atoms with E-state index in [1.54, 1.807) is 0 Å². The minimum Gasteiger partial charge on any atom is -0.347 e. The second-order valence-electron chi connectivity index (χ2n) is 4.70. The van der Waals surface area contributed by atoms with Gasteiger partial charge in [-0.3, -0.25) is 0 Å². The van der Waals surface area contributed by atoms with Crippen LogP contribution in [0, 0.1) is 12.8 Å². The van der Waals surface area contributed by atoms with Crippen molar-refractivity contribution in [2.45, 2.75) is 33.7 Å². The van der Waals surface area contributed by atoms with E-state index in [0.717, 1.165) is 12.5 Å². The molecule has 2 aromatic rings. The van der Waals surface area contributed by atoms with Gasteiger partial charge >= 0.3 is 0 Å². The number of benzene rings is 1. The first-order valence-corrected chi connectivity index (χ1v) is 5.73. The number of aryl methyl sites for hydroxylation is 2. The third-order valence-electron chi connectivity index (χ3n) is 2.98. The predicted molar refractivity (Wildman–Crippen MR) is 66.1 cm³/mol. The van der Waals surface area contributed by atoms with Crippen molar-refractivity contribution in [2.24, 2.45) is 5.92 Å². The van der Waals surface area contributed by atoms with Crippen molar-refractivity contribution in [3.8, 4) is 0 Å². The molecular formula is C14H19N. The molecule has 0 saturated heterocycles. The molecule has 0 saturated carbocycles. The maximum absolute atomic E-state index is 2.36. The zero-order valence-corrected chi connectivity index (χ0v) is 9.83. The molecule has 0 aliphatic carbocycles. The summed E-state index contributed by atoms with van der Waals surface area (Å²) >= 11 is 0. The number of aromatic nitrogens is 1. The molecule has 1 heterocycles. The highest BCUT2D eigenvalue weighted by atomic mass is 14.9. The summed E-state index contributed by atoms with van der Waals surface area (Å²) in [4.78, 5) is 0. The quantitative estimate of drug-likeness (QED) is 0.707. The van der Waals surface area contributed by atoms with Gasteiger partial charge in [0.25, 0.3) is 0 Å². The van der Waals surface area contributed by atoms with E-state index in [1.807, 2.05) is 0 Å². The molecule has 1 nitrogen and oxygen atoms in total. The first-order valence-electron chi connectivity index (χ1n) is 5.73. The molecule has 0 atom stereocenters. The Balaban J connectivity index is 2.33. The molecule has 0 N–H and O–H groups in total. The summed E-state index contributed by atoms with van der Waals surface area (Å²) in [7, 11) is 0. The first-order chi connectivity index (χ1) is 7.18. The van der Waals surface area contributed by atoms with Crippen LogP contribution < -0.4 is 0 Å².